The minimum atomic E-state index is -1.18. The van der Waals surface area contributed by atoms with Crippen LogP contribution in [0.5, 0.6) is 0 Å². The first kappa shape index (κ1) is 18.5. The largest absolute Gasteiger partial charge is 0.442 e. The van der Waals surface area contributed by atoms with Crippen LogP contribution in [0.3, 0.4) is 0 Å². The molecule has 0 aliphatic heterocycles. The van der Waals surface area contributed by atoms with Crippen LogP contribution in [0.15, 0.2) is 32.1 Å². The number of hydrogen-bond acceptors (Lipinski definition) is 9. The van der Waals surface area contributed by atoms with Crippen molar-refractivity contribution in [1.29, 1.82) is 0 Å². The molecule has 3 aromatic rings. The average molecular weight is 409 g/mol. The number of hydrogen-bond donors (Lipinski definition) is 2. The van der Waals surface area contributed by atoms with Crippen molar-refractivity contribution < 1.29 is 22.9 Å². The van der Waals surface area contributed by atoms with Crippen molar-refractivity contribution in [2.45, 2.75) is 12.5 Å². The van der Waals surface area contributed by atoms with Gasteiger partial charge in [-0.05, 0) is 40.0 Å². The molecule has 28 heavy (non-hydrogen) atoms. The van der Waals surface area contributed by atoms with Crippen LogP contribution in [0.1, 0.15) is 17.2 Å². The molecule has 148 valence electrons. The molecule has 0 amide bonds. The summed E-state index contributed by atoms with van der Waals surface area (Å²) in [6, 6.07) is 4.00. The zero-order valence-corrected chi connectivity index (χ0v) is 15.3. The molecule has 0 radical (unpaired) electrons. The van der Waals surface area contributed by atoms with Gasteiger partial charge in [-0.25, -0.2) is 18.4 Å². The van der Waals surface area contributed by atoms with E-state index in [0.717, 1.165) is 5.56 Å². The van der Waals surface area contributed by atoms with E-state index >= 15 is 0 Å². The Bertz CT molecular complexity index is 1080. The van der Waals surface area contributed by atoms with Gasteiger partial charge in [0, 0.05) is 28.9 Å². The van der Waals surface area contributed by atoms with Crippen molar-refractivity contribution >= 4 is 16.6 Å². The number of nitrogens with zero attached hydrogens (tertiary/aromatic N) is 4. The Labute approximate surface area is 159 Å². The van der Waals surface area contributed by atoms with E-state index in [9.17, 15) is 13.4 Å². The van der Waals surface area contributed by atoms with Crippen molar-refractivity contribution in [2.24, 2.45) is 0 Å². The second-order valence-corrected chi connectivity index (χ2v) is 7.86. The maximum atomic E-state index is 13.6. The minimum absolute atomic E-state index is 0.102. The Hall–Kier alpha value is -2.86. The molecule has 0 fully saturated rings. The van der Waals surface area contributed by atoms with E-state index in [1.54, 1.807) is 6.07 Å². The Kier molecular flexibility index (Phi) is 5.05. The van der Waals surface area contributed by atoms with Gasteiger partial charge in [-0.15, -0.1) is 0 Å². The summed E-state index contributed by atoms with van der Waals surface area (Å²) in [6.07, 6.45) is 0.526. The third kappa shape index (κ3) is 3.36. The maximum absolute atomic E-state index is 13.6. The highest BCUT2D eigenvalue weighted by Gasteiger charge is 2.34. The third-order valence-electron chi connectivity index (χ3n) is 4.47. The van der Waals surface area contributed by atoms with Crippen molar-refractivity contribution in [3.63, 3.8) is 0 Å². The fourth-order valence-electron chi connectivity index (χ4n) is 3.11. The van der Waals surface area contributed by atoms with Crippen LogP contribution in [0.4, 0.5) is 10.2 Å². The summed E-state index contributed by atoms with van der Waals surface area (Å²) in [5.74, 6) is -0.310. The van der Waals surface area contributed by atoms with Crippen LogP contribution in [0.25, 0.3) is 11.5 Å². The monoisotopic (exact) mass is 409 g/mol. The van der Waals surface area contributed by atoms with Gasteiger partial charge in [0.15, 0.2) is 5.69 Å². The van der Waals surface area contributed by atoms with Crippen LogP contribution < -0.4 is 11.1 Å². The second kappa shape index (κ2) is 7.64. The Morgan fingerprint density at radius 3 is 3.00 bits per heavy atom. The van der Waals surface area contributed by atoms with Gasteiger partial charge in [0.05, 0.1) is 12.6 Å². The van der Waals surface area contributed by atoms with Crippen LogP contribution >= 0.6 is 0 Å². The van der Waals surface area contributed by atoms with Gasteiger partial charge in [0.2, 0.25) is 11.6 Å². The van der Waals surface area contributed by atoms with Crippen LogP contribution in [0.2, 0.25) is 0 Å². The third-order valence-corrected chi connectivity index (χ3v) is 5.77. The second-order valence-electron chi connectivity index (χ2n) is 6.17. The summed E-state index contributed by atoms with van der Waals surface area (Å²) in [5.41, 5.74) is 1.77. The summed E-state index contributed by atoms with van der Waals surface area (Å²) in [5, 5.41) is 23.0. The van der Waals surface area contributed by atoms with Gasteiger partial charge < -0.3 is 10.4 Å². The Morgan fingerprint density at radius 1 is 1.32 bits per heavy atom. The summed E-state index contributed by atoms with van der Waals surface area (Å²) in [4.78, 5) is 12.2. The molecule has 4 rings (SSSR count). The quantitative estimate of drug-likeness (QED) is 0.539. The number of rotatable bonds is 8. The van der Waals surface area contributed by atoms with E-state index in [1.165, 1.54) is 16.7 Å². The Morgan fingerprint density at radius 2 is 2.18 bits per heavy atom. The number of aliphatic hydroxyl groups excluding tert-OH is 1. The first-order valence-electron chi connectivity index (χ1n) is 8.47. The number of anilines is 1. The molecule has 1 aromatic carbocycles. The standard InChI is InChI=1S/C16H16FN5O5S/c17-10-2-1-9-7-12(11(9)8-10)22-15(21-26-16(22)24)13-14(20-27-19-13)18-3-5-28(25)6-4-23/h1-2,8,12,23H,3-7H2,(H,18,20)/t12-,28?/m0/s1. The molecule has 10 nitrogen and oxygen atoms in total. The molecule has 2 atom stereocenters. The topological polar surface area (TPSA) is 136 Å². The van der Waals surface area contributed by atoms with Crippen molar-refractivity contribution in [3.05, 3.63) is 45.7 Å². The molecular formula is C16H16FN5O5S. The molecule has 0 saturated carbocycles. The first-order valence-corrected chi connectivity index (χ1v) is 9.96. The summed E-state index contributed by atoms with van der Waals surface area (Å²) in [7, 11) is -1.18. The van der Waals surface area contributed by atoms with Gasteiger partial charge in [0.25, 0.3) is 0 Å². The zero-order valence-electron chi connectivity index (χ0n) is 14.5. The van der Waals surface area contributed by atoms with Gasteiger partial charge >= 0.3 is 5.76 Å². The summed E-state index contributed by atoms with van der Waals surface area (Å²) >= 11 is 0. The molecule has 0 bridgehead atoms. The van der Waals surface area contributed by atoms with Gasteiger partial charge in [-0.3, -0.25) is 8.73 Å². The Balaban J connectivity index is 1.58. The SMILES string of the molecule is O=c1onc(-c2nonc2NCCS(=O)CCO)n1[C@H]1Cc2ccc(F)cc21. The van der Waals surface area contributed by atoms with Crippen molar-refractivity contribution in [1.82, 2.24) is 20.0 Å². The lowest BCUT2D eigenvalue weighted by Gasteiger charge is -2.30. The first-order chi connectivity index (χ1) is 13.6. The lowest BCUT2D eigenvalue weighted by Crippen LogP contribution is -2.31. The minimum Gasteiger partial charge on any atom is -0.395 e. The van der Waals surface area contributed by atoms with Gasteiger partial charge in [-0.1, -0.05) is 11.2 Å². The van der Waals surface area contributed by atoms with E-state index < -0.39 is 28.4 Å². The fraction of sp³-hybridized carbons (Fsp3) is 0.375. The highest BCUT2D eigenvalue weighted by atomic mass is 32.2. The fourth-order valence-corrected chi connectivity index (χ4v) is 3.84. The number of aromatic nitrogens is 4. The molecular weight excluding hydrogens is 393 g/mol. The molecule has 0 saturated heterocycles. The molecule has 2 N–H and O–H groups in total. The molecule has 0 spiro atoms. The average Bonchev–Trinajstić information content (AvgIpc) is 3.25. The molecule has 2 aromatic heterocycles. The van der Waals surface area contributed by atoms with E-state index in [-0.39, 0.29) is 42.0 Å². The molecule has 1 unspecified atom stereocenters. The number of halogens is 1. The van der Waals surface area contributed by atoms with Crippen LogP contribution in [-0.2, 0) is 17.2 Å². The molecule has 1 aliphatic carbocycles. The van der Waals surface area contributed by atoms with E-state index in [2.05, 4.69) is 20.8 Å². The number of aliphatic hydroxyl groups is 1. The van der Waals surface area contributed by atoms with Gasteiger partial charge in [0.1, 0.15) is 5.82 Å². The maximum Gasteiger partial charge on any atom is 0.442 e. The predicted molar refractivity (Wildman–Crippen MR) is 95.7 cm³/mol. The zero-order chi connectivity index (χ0) is 19.7. The van der Waals surface area contributed by atoms with Crippen molar-refractivity contribution in [3.8, 4) is 11.5 Å². The smallest absolute Gasteiger partial charge is 0.395 e. The molecule has 12 heteroatoms. The summed E-state index contributed by atoms with van der Waals surface area (Å²) < 4.78 is 36.0. The van der Waals surface area contributed by atoms with E-state index in [1.807, 2.05) is 0 Å². The van der Waals surface area contributed by atoms with Crippen molar-refractivity contribution in [2.75, 3.05) is 30.0 Å². The lowest BCUT2D eigenvalue weighted by molar-refractivity contribution is 0.309. The van der Waals surface area contributed by atoms with Crippen LogP contribution in [0, 0.1) is 5.82 Å². The highest BCUT2D eigenvalue weighted by Crippen LogP contribution is 2.38. The number of nitrogens with one attached hydrogen (secondary N) is 1. The molecule has 1 aliphatic rings. The predicted octanol–water partition coefficient (Wildman–Crippen LogP) is 0.324. The lowest BCUT2D eigenvalue weighted by atomic mass is 9.83. The van der Waals surface area contributed by atoms with E-state index in [0.29, 0.717) is 12.0 Å². The van der Waals surface area contributed by atoms with E-state index in [4.69, 9.17) is 14.3 Å². The van der Waals surface area contributed by atoms with Gasteiger partial charge in [-0.2, -0.15) is 0 Å². The normalized spacial score (nSPS) is 16.4. The molecule has 2 heterocycles. The number of fused-ring (bicyclic) bond motifs is 1. The summed E-state index contributed by atoms with van der Waals surface area (Å²) in [6.45, 7) is 0.130. The highest BCUT2D eigenvalue weighted by molar-refractivity contribution is 7.85. The van der Waals surface area contributed by atoms with Crippen LogP contribution in [-0.4, -0.2) is 54.0 Å². The number of benzene rings is 1.